The highest BCUT2D eigenvalue weighted by molar-refractivity contribution is 6.35. The van der Waals surface area contributed by atoms with E-state index in [1.54, 1.807) is 18.2 Å². The number of hydrogen-bond acceptors (Lipinski definition) is 4. The number of benzene rings is 3. The van der Waals surface area contributed by atoms with E-state index in [0.717, 1.165) is 16.0 Å². The lowest BCUT2D eigenvalue weighted by Gasteiger charge is -2.17. The molecule has 0 bridgehead atoms. The Morgan fingerprint density at radius 2 is 1.62 bits per heavy atom. The van der Waals surface area contributed by atoms with Crippen LogP contribution in [0.1, 0.15) is 58.1 Å². The van der Waals surface area contributed by atoms with Crippen LogP contribution in [0.4, 0.5) is 5.69 Å². The number of carboxylic acids is 1. The van der Waals surface area contributed by atoms with Crippen molar-refractivity contribution < 1.29 is 24.3 Å². The second-order valence-electron chi connectivity index (χ2n) is 7.68. The molecular weight excluding hydrogens is 408 g/mol. The molecule has 4 rings (SSSR count). The largest absolute Gasteiger partial charge is 0.478 e. The minimum absolute atomic E-state index is 0.124. The Hall–Kier alpha value is -4.26. The number of aryl methyl sites for hydroxylation is 2. The lowest BCUT2D eigenvalue weighted by atomic mass is 10.1. The van der Waals surface area contributed by atoms with Crippen molar-refractivity contribution >= 4 is 29.4 Å². The van der Waals surface area contributed by atoms with Gasteiger partial charge in [-0.25, -0.2) is 9.69 Å². The number of carbonyl (C=O) groups excluding carboxylic acids is 3. The second kappa shape index (κ2) is 8.11. The molecule has 0 fully saturated rings. The number of carboxylic acid groups (broad SMARTS) is 1. The molecule has 1 aliphatic rings. The molecule has 3 aromatic carbocycles. The molecule has 2 N–H and O–H groups in total. The first kappa shape index (κ1) is 21.0. The van der Waals surface area contributed by atoms with Crippen LogP contribution in [-0.4, -0.2) is 28.8 Å². The molecule has 0 spiro atoms. The lowest BCUT2D eigenvalue weighted by Crippen LogP contribution is -2.30. The molecule has 0 radical (unpaired) electrons. The third-order valence-electron chi connectivity index (χ3n) is 5.38. The molecule has 0 saturated carbocycles. The molecular formula is C25H20N2O5. The maximum Gasteiger partial charge on any atom is 0.335 e. The van der Waals surface area contributed by atoms with Crippen LogP contribution >= 0.6 is 0 Å². The minimum Gasteiger partial charge on any atom is -0.478 e. The normalized spacial score (nSPS) is 12.6. The van der Waals surface area contributed by atoms with Crippen molar-refractivity contribution in [2.45, 2.75) is 20.4 Å². The van der Waals surface area contributed by atoms with Crippen molar-refractivity contribution in [3.8, 4) is 0 Å². The smallest absolute Gasteiger partial charge is 0.335 e. The zero-order chi connectivity index (χ0) is 23.0. The Labute approximate surface area is 184 Å². The molecule has 0 unspecified atom stereocenters. The van der Waals surface area contributed by atoms with Crippen LogP contribution in [0.5, 0.6) is 0 Å². The molecule has 7 heteroatoms. The van der Waals surface area contributed by atoms with Gasteiger partial charge in [-0.05, 0) is 66.9 Å². The van der Waals surface area contributed by atoms with Crippen LogP contribution in [0.3, 0.4) is 0 Å². The molecule has 3 aromatic rings. The van der Waals surface area contributed by atoms with E-state index in [4.69, 9.17) is 5.11 Å². The van der Waals surface area contributed by atoms with Gasteiger partial charge in [-0.15, -0.1) is 0 Å². The van der Waals surface area contributed by atoms with Crippen molar-refractivity contribution in [1.29, 1.82) is 0 Å². The lowest BCUT2D eigenvalue weighted by molar-refractivity contribution is 0.0696. The molecule has 0 atom stereocenters. The predicted octanol–water partition coefficient (Wildman–Crippen LogP) is 3.73. The molecule has 0 aromatic heterocycles. The van der Waals surface area contributed by atoms with Gasteiger partial charge in [-0.1, -0.05) is 24.3 Å². The van der Waals surface area contributed by atoms with E-state index in [0.29, 0.717) is 11.3 Å². The number of rotatable bonds is 5. The monoisotopic (exact) mass is 428 g/mol. The van der Waals surface area contributed by atoms with Crippen LogP contribution in [0, 0.1) is 13.8 Å². The van der Waals surface area contributed by atoms with E-state index < -0.39 is 23.7 Å². The number of aromatic carboxylic acids is 1. The van der Waals surface area contributed by atoms with E-state index in [-0.39, 0.29) is 28.8 Å². The number of amides is 3. The number of anilines is 1. The first-order valence-corrected chi connectivity index (χ1v) is 9.97. The Morgan fingerprint density at radius 1 is 0.875 bits per heavy atom. The van der Waals surface area contributed by atoms with E-state index >= 15 is 0 Å². The van der Waals surface area contributed by atoms with E-state index in [9.17, 15) is 19.2 Å². The van der Waals surface area contributed by atoms with Crippen molar-refractivity contribution in [3.63, 3.8) is 0 Å². The van der Waals surface area contributed by atoms with Crippen LogP contribution < -0.4 is 10.2 Å². The summed E-state index contributed by atoms with van der Waals surface area (Å²) in [4.78, 5) is 50.8. The topological polar surface area (TPSA) is 104 Å². The molecule has 3 amide bonds. The van der Waals surface area contributed by atoms with Crippen LogP contribution in [0.25, 0.3) is 0 Å². The van der Waals surface area contributed by atoms with Gasteiger partial charge in [0.05, 0.1) is 22.4 Å². The van der Waals surface area contributed by atoms with Crippen LogP contribution in [0.2, 0.25) is 0 Å². The summed E-state index contributed by atoms with van der Waals surface area (Å²) < 4.78 is 0. The molecule has 1 heterocycles. The summed E-state index contributed by atoms with van der Waals surface area (Å²) in [7, 11) is 0. The summed E-state index contributed by atoms with van der Waals surface area (Å²) in [6.07, 6.45) is 0. The maximum atomic E-state index is 13.0. The highest BCUT2D eigenvalue weighted by Gasteiger charge is 2.37. The maximum absolute atomic E-state index is 13.0. The number of nitrogens with one attached hydrogen (secondary N) is 1. The summed E-state index contributed by atoms with van der Waals surface area (Å²) in [5.41, 5.74) is 3.68. The quantitative estimate of drug-likeness (QED) is 0.603. The molecule has 1 aliphatic heterocycles. The van der Waals surface area contributed by atoms with Gasteiger partial charge < -0.3 is 10.4 Å². The van der Waals surface area contributed by atoms with Crippen molar-refractivity contribution in [2.24, 2.45) is 0 Å². The van der Waals surface area contributed by atoms with Crippen molar-refractivity contribution in [1.82, 2.24) is 5.32 Å². The Morgan fingerprint density at radius 3 is 2.38 bits per heavy atom. The van der Waals surface area contributed by atoms with E-state index in [1.807, 2.05) is 26.0 Å². The molecule has 32 heavy (non-hydrogen) atoms. The zero-order valence-electron chi connectivity index (χ0n) is 17.5. The average Bonchev–Trinajstić information content (AvgIpc) is 3.03. The van der Waals surface area contributed by atoms with Crippen molar-refractivity contribution in [2.75, 3.05) is 4.90 Å². The molecule has 7 nitrogen and oxygen atoms in total. The standard InChI is InChI=1S/C25H20N2O5/c1-14-6-7-15(2)21(10-14)27-23(29)19-9-8-17(12-20(19)24(27)30)22(28)26-13-16-4-3-5-18(11-16)25(31)32/h3-12H,13H2,1-2H3,(H,26,28)(H,31,32). The van der Waals surface area contributed by atoms with Gasteiger partial charge in [-0.2, -0.15) is 0 Å². The Balaban J connectivity index is 1.56. The van der Waals surface area contributed by atoms with Gasteiger partial charge in [0.1, 0.15) is 0 Å². The summed E-state index contributed by atoms with van der Waals surface area (Å²) in [6, 6.07) is 16.2. The van der Waals surface area contributed by atoms with Gasteiger partial charge in [0.15, 0.2) is 0 Å². The fraction of sp³-hybridized carbons (Fsp3) is 0.120. The second-order valence-corrected chi connectivity index (χ2v) is 7.68. The molecule has 0 aliphatic carbocycles. The molecule has 0 saturated heterocycles. The molecule has 160 valence electrons. The number of hydrogen-bond donors (Lipinski definition) is 2. The average molecular weight is 428 g/mol. The zero-order valence-corrected chi connectivity index (χ0v) is 17.5. The van der Waals surface area contributed by atoms with Gasteiger partial charge in [0.25, 0.3) is 17.7 Å². The SMILES string of the molecule is Cc1ccc(C)c(N2C(=O)c3ccc(C(=O)NCc4cccc(C(=O)O)c4)cc3C2=O)c1. The van der Waals surface area contributed by atoms with E-state index in [1.165, 1.54) is 30.3 Å². The number of fused-ring (bicyclic) bond motifs is 1. The third-order valence-corrected chi connectivity index (χ3v) is 5.38. The first-order chi connectivity index (χ1) is 15.3. The summed E-state index contributed by atoms with van der Waals surface area (Å²) in [6.45, 7) is 3.84. The Bertz CT molecular complexity index is 1300. The van der Waals surface area contributed by atoms with E-state index in [2.05, 4.69) is 5.32 Å². The summed E-state index contributed by atoms with van der Waals surface area (Å²) in [5.74, 6) is -2.37. The Kier molecular flexibility index (Phi) is 5.32. The number of carbonyl (C=O) groups is 4. The number of nitrogens with zero attached hydrogens (tertiary/aromatic N) is 1. The van der Waals surface area contributed by atoms with Gasteiger partial charge in [0.2, 0.25) is 0 Å². The fourth-order valence-electron chi connectivity index (χ4n) is 3.66. The van der Waals surface area contributed by atoms with Gasteiger partial charge in [0, 0.05) is 12.1 Å². The first-order valence-electron chi connectivity index (χ1n) is 9.97. The van der Waals surface area contributed by atoms with Gasteiger partial charge in [-0.3, -0.25) is 14.4 Å². The highest BCUT2D eigenvalue weighted by Crippen LogP contribution is 2.31. The highest BCUT2D eigenvalue weighted by atomic mass is 16.4. The number of imide groups is 1. The predicted molar refractivity (Wildman–Crippen MR) is 118 cm³/mol. The third kappa shape index (κ3) is 3.76. The van der Waals surface area contributed by atoms with Crippen molar-refractivity contribution in [3.05, 3.63) is 99.6 Å². The summed E-state index contributed by atoms with van der Waals surface area (Å²) >= 11 is 0. The minimum atomic E-state index is -1.05. The fourth-order valence-corrected chi connectivity index (χ4v) is 3.66. The van der Waals surface area contributed by atoms with Gasteiger partial charge >= 0.3 is 5.97 Å². The van der Waals surface area contributed by atoms with Crippen LogP contribution in [0.15, 0.2) is 60.7 Å². The summed E-state index contributed by atoms with van der Waals surface area (Å²) in [5, 5.41) is 11.8. The van der Waals surface area contributed by atoms with Crippen LogP contribution in [-0.2, 0) is 6.54 Å².